The number of hydrogen-bond acceptors (Lipinski definition) is 2. The summed E-state index contributed by atoms with van der Waals surface area (Å²) in [7, 11) is 0. The maximum atomic E-state index is 10.0. The fourth-order valence-corrected chi connectivity index (χ4v) is 2.32. The van der Waals surface area contributed by atoms with Gasteiger partial charge < -0.3 is 5.11 Å². The van der Waals surface area contributed by atoms with Crippen LogP contribution in [0.5, 0.6) is 0 Å². The van der Waals surface area contributed by atoms with Crippen LogP contribution in [0.3, 0.4) is 0 Å². The fourth-order valence-electron chi connectivity index (χ4n) is 2.02. The van der Waals surface area contributed by atoms with Crippen molar-refractivity contribution in [1.29, 1.82) is 0 Å². The number of benzene rings is 1. The van der Waals surface area contributed by atoms with E-state index in [1.165, 1.54) is 0 Å². The van der Waals surface area contributed by atoms with Gasteiger partial charge >= 0.3 is 0 Å². The zero-order valence-electron chi connectivity index (χ0n) is 11.0. The minimum Gasteiger partial charge on any atom is -0.386 e. The van der Waals surface area contributed by atoms with Crippen LogP contribution in [0.15, 0.2) is 30.3 Å². The van der Waals surface area contributed by atoms with Gasteiger partial charge in [-0.3, -0.25) is 4.98 Å². The maximum Gasteiger partial charge on any atom is 0.0857 e. The van der Waals surface area contributed by atoms with Crippen LogP contribution < -0.4 is 0 Å². The molecule has 0 spiro atoms. The van der Waals surface area contributed by atoms with E-state index in [9.17, 15) is 5.11 Å². The van der Waals surface area contributed by atoms with Gasteiger partial charge in [-0.15, -0.1) is 0 Å². The standard InChI is InChI=1S/C15H15Cl2NO/c1-9-11(15(2,3)19)5-7-14(18-9)10-4-6-12(16)13(17)8-10/h4-8,19H,1-3H3. The molecule has 0 radical (unpaired) electrons. The van der Waals surface area contributed by atoms with E-state index in [0.717, 1.165) is 22.5 Å². The van der Waals surface area contributed by atoms with Crippen molar-refractivity contribution in [1.82, 2.24) is 4.98 Å². The summed E-state index contributed by atoms with van der Waals surface area (Å²) in [6, 6.07) is 9.18. The molecule has 0 saturated carbocycles. The van der Waals surface area contributed by atoms with Crippen molar-refractivity contribution >= 4 is 23.2 Å². The van der Waals surface area contributed by atoms with Crippen LogP contribution in [-0.4, -0.2) is 10.1 Å². The largest absolute Gasteiger partial charge is 0.386 e. The van der Waals surface area contributed by atoms with E-state index in [1.54, 1.807) is 26.0 Å². The number of hydrogen-bond donors (Lipinski definition) is 1. The average Bonchev–Trinajstić information content (AvgIpc) is 2.31. The Labute approximate surface area is 123 Å². The molecule has 0 fully saturated rings. The lowest BCUT2D eigenvalue weighted by Gasteiger charge is -2.20. The first-order valence-electron chi connectivity index (χ1n) is 5.95. The number of aliphatic hydroxyl groups is 1. The van der Waals surface area contributed by atoms with E-state index < -0.39 is 5.60 Å². The summed E-state index contributed by atoms with van der Waals surface area (Å²) in [4.78, 5) is 4.52. The summed E-state index contributed by atoms with van der Waals surface area (Å²) < 4.78 is 0. The third kappa shape index (κ3) is 3.08. The van der Waals surface area contributed by atoms with Crippen molar-refractivity contribution in [3.63, 3.8) is 0 Å². The van der Waals surface area contributed by atoms with Gasteiger partial charge in [0.2, 0.25) is 0 Å². The summed E-state index contributed by atoms with van der Waals surface area (Å²) in [5.41, 5.74) is 2.43. The number of pyridine rings is 1. The van der Waals surface area contributed by atoms with Crippen LogP contribution in [0.1, 0.15) is 25.1 Å². The SMILES string of the molecule is Cc1nc(-c2ccc(Cl)c(Cl)c2)ccc1C(C)(C)O. The summed E-state index contributed by atoms with van der Waals surface area (Å²) in [6.07, 6.45) is 0. The quantitative estimate of drug-likeness (QED) is 0.879. The number of halogens is 2. The number of aromatic nitrogens is 1. The Kier molecular flexibility index (Phi) is 3.86. The molecular formula is C15H15Cl2NO. The summed E-state index contributed by atoms with van der Waals surface area (Å²) in [6.45, 7) is 5.38. The van der Waals surface area contributed by atoms with Gasteiger partial charge in [-0.25, -0.2) is 0 Å². The third-order valence-corrected chi connectivity index (χ3v) is 3.70. The molecule has 1 N–H and O–H groups in total. The van der Waals surface area contributed by atoms with Crippen LogP contribution in [0.4, 0.5) is 0 Å². The second-order valence-electron chi connectivity index (χ2n) is 5.02. The average molecular weight is 296 g/mol. The molecule has 0 amide bonds. The number of nitrogens with zero attached hydrogens (tertiary/aromatic N) is 1. The molecule has 0 aliphatic heterocycles. The topological polar surface area (TPSA) is 33.1 Å². The first kappa shape index (κ1) is 14.3. The summed E-state index contributed by atoms with van der Waals surface area (Å²) in [5, 5.41) is 11.1. The van der Waals surface area contributed by atoms with Crippen molar-refractivity contribution in [3.05, 3.63) is 51.6 Å². The predicted molar refractivity (Wildman–Crippen MR) is 79.7 cm³/mol. The van der Waals surface area contributed by atoms with Crippen molar-refractivity contribution in [2.75, 3.05) is 0 Å². The van der Waals surface area contributed by atoms with E-state index in [-0.39, 0.29) is 0 Å². The molecule has 2 nitrogen and oxygen atoms in total. The molecule has 1 aromatic carbocycles. The Morgan fingerprint density at radius 2 is 1.74 bits per heavy atom. The number of rotatable bonds is 2. The highest BCUT2D eigenvalue weighted by atomic mass is 35.5. The molecule has 0 unspecified atom stereocenters. The van der Waals surface area contributed by atoms with E-state index in [4.69, 9.17) is 23.2 Å². The monoisotopic (exact) mass is 295 g/mol. The van der Waals surface area contributed by atoms with Crippen LogP contribution in [0.2, 0.25) is 10.0 Å². The molecule has 0 atom stereocenters. The highest BCUT2D eigenvalue weighted by molar-refractivity contribution is 6.42. The molecule has 2 rings (SSSR count). The normalized spacial score (nSPS) is 11.7. The van der Waals surface area contributed by atoms with E-state index in [2.05, 4.69) is 4.98 Å². The van der Waals surface area contributed by atoms with Crippen LogP contribution >= 0.6 is 23.2 Å². The van der Waals surface area contributed by atoms with Crippen molar-refractivity contribution in [2.24, 2.45) is 0 Å². The molecule has 4 heteroatoms. The predicted octanol–water partition coefficient (Wildman–Crippen LogP) is 4.59. The fraction of sp³-hybridized carbons (Fsp3) is 0.267. The van der Waals surface area contributed by atoms with Gasteiger partial charge in [-0.1, -0.05) is 35.3 Å². The van der Waals surface area contributed by atoms with Crippen molar-refractivity contribution in [2.45, 2.75) is 26.4 Å². The van der Waals surface area contributed by atoms with Gasteiger partial charge in [0.1, 0.15) is 0 Å². The lowest BCUT2D eigenvalue weighted by atomic mass is 9.96. The Balaban J connectivity index is 2.47. The third-order valence-electron chi connectivity index (χ3n) is 2.96. The number of aryl methyl sites for hydroxylation is 1. The lowest BCUT2D eigenvalue weighted by molar-refractivity contribution is 0.0775. The Morgan fingerprint density at radius 3 is 2.26 bits per heavy atom. The first-order chi connectivity index (χ1) is 8.79. The molecule has 0 saturated heterocycles. The van der Waals surface area contributed by atoms with Gasteiger partial charge in [-0.05, 0) is 39.0 Å². The molecule has 1 heterocycles. The molecule has 19 heavy (non-hydrogen) atoms. The van der Waals surface area contributed by atoms with Gasteiger partial charge in [0, 0.05) is 16.8 Å². The lowest BCUT2D eigenvalue weighted by Crippen LogP contribution is -2.17. The van der Waals surface area contributed by atoms with Gasteiger partial charge in [0.15, 0.2) is 0 Å². The van der Waals surface area contributed by atoms with Gasteiger partial charge in [0.05, 0.1) is 21.3 Å². The molecule has 1 aromatic heterocycles. The van der Waals surface area contributed by atoms with Crippen molar-refractivity contribution in [3.8, 4) is 11.3 Å². The second kappa shape index (κ2) is 5.12. The summed E-state index contributed by atoms with van der Waals surface area (Å²) in [5.74, 6) is 0. The molecular weight excluding hydrogens is 281 g/mol. The van der Waals surface area contributed by atoms with Crippen LogP contribution in [-0.2, 0) is 5.60 Å². The molecule has 100 valence electrons. The Hall–Kier alpha value is -1.09. The zero-order valence-corrected chi connectivity index (χ0v) is 12.5. The minimum absolute atomic E-state index is 0.505. The van der Waals surface area contributed by atoms with Crippen LogP contribution in [0.25, 0.3) is 11.3 Å². The molecule has 0 bridgehead atoms. The molecule has 2 aromatic rings. The second-order valence-corrected chi connectivity index (χ2v) is 5.83. The first-order valence-corrected chi connectivity index (χ1v) is 6.70. The zero-order chi connectivity index (χ0) is 14.2. The highest BCUT2D eigenvalue weighted by Gasteiger charge is 2.19. The van der Waals surface area contributed by atoms with Gasteiger partial charge in [-0.2, -0.15) is 0 Å². The molecule has 0 aliphatic carbocycles. The Bertz CT molecular complexity index is 618. The van der Waals surface area contributed by atoms with Gasteiger partial charge in [0.25, 0.3) is 0 Å². The van der Waals surface area contributed by atoms with Crippen molar-refractivity contribution < 1.29 is 5.11 Å². The van der Waals surface area contributed by atoms with E-state index >= 15 is 0 Å². The van der Waals surface area contributed by atoms with E-state index in [0.29, 0.717) is 10.0 Å². The maximum absolute atomic E-state index is 10.0. The molecule has 0 aliphatic rings. The van der Waals surface area contributed by atoms with Crippen LogP contribution in [0, 0.1) is 6.92 Å². The minimum atomic E-state index is -0.896. The summed E-state index contributed by atoms with van der Waals surface area (Å²) >= 11 is 11.9. The Morgan fingerprint density at radius 1 is 1.05 bits per heavy atom. The highest BCUT2D eigenvalue weighted by Crippen LogP contribution is 2.29. The smallest absolute Gasteiger partial charge is 0.0857 e. The van der Waals surface area contributed by atoms with E-state index in [1.807, 2.05) is 25.1 Å².